The second-order valence-corrected chi connectivity index (χ2v) is 9.39. The van der Waals surface area contributed by atoms with Crippen molar-refractivity contribution in [3.05, 3.63) is 23.6 Å². The van der Waals surface area contributed by atoms with Gasteiger partial charge in [-0.3, -0.25) is 0 Å². The number of rotatable bonds is 4. The molecule has 26 heavy (non-hydrogen) atoms. The fourth-order valence-corrected chi connectivity index (χ4v) is 3.78. The third-order valence-electron chi connectivity index (χ3n) is 4.69. The van der Waals surface area contributed by atoms with E-state index in [4.69, 9.17) is 0 Å². The summed E-state index contributed by atoms with van der Waals surface area (Å²) in [5.41, 5.74) is -1.65. The maximum absolute atomic E-state index is 14.0. The molecular weight excluding hydrogens is 371 g/mol. The van der Waals surface area contributed by atoms with Crippen LogP contribution in [0.3, 0.4) is 0 Å². The van der Waals surface area contributed by atoms with Gasteiger partial charge in [0.25, 0.3) is 0 Å². The highest BCUT2D eigenvalue weighted by Crippen LogP contribution is 2.35. The third-order valence-corrected chi connectivity index (χ3v) is 6.60. The molecular formula is C16H24F3N3O3S. The molecule has 10 heteroatoms. The lowest BCUT2D eigenvalue weighted by Crippen LogP contribution is -2.55. The van der Waals surface area contributed by atoms with Crippen LogP contribution in [0.15, 0.2) is 23.6 Å². The lowest BCUT2D eigenvalue weighted by atomic mass is 9.91. The summed E-state index contributed by atoms with van der Waals surface area (Å²) in [7, 11) is -3.40. The molecule has 2 rings (SSSR count). The van der Waals surface area contributed by atoms with Crippen molar-refractivity contribution in [3.63, 3.8) is 0 Å². The molecule has 1 fully saturated rings. The quantitative estimate of drug-likeness (QED) is 0.768. The molecule has 148 valence electrons. The number of carbonyl (C=O) groups is 1. The predicted octanol–water partition coefficient (Wildman–Crippen LogP) is 2.65. The summed E-state index contributed by atoms with van der Waals surface area (Å²) in [6, 6.07) is -0.876. The van der Waals surface area contributed by atoms with Gasteiger partial charge >= 0.3 is 6.03 Å². The van der Waals surface area contributed by atoms with Crippen LogP contribution in [-0.2, 0) is 10.0 Å². The van der Waals surface area contributed by atoms with Crippen LogP contribution in [0.1, 0.15) is 40.0 Å². The summed E-state index contributed by atoms with van der Waals surface area (Å²) in [4.78, 5) is 13.8. The summed E-state index contributed by atoms with van der Waals surface area (Å²) in [6.45, 7) is 4.98. The van der Waals surface area contributed by atoms with Gasteiger partial charge in [0, 0.05) is 19.1 Å². The van der Waals surface area contributed by atoms with Crippen LogP contribution in [0, 0.1) is 0 Å². The molecule has 1 heterocycles. The maximum Gasteiger partial charge on any atom is 0.318 e. The van der Waals surface area contributed by atoms with Crippen molar-refractivity contribution in [2.45, 2.75) is 56.9 Å². The Bertz CT molecular complexity index is 728. The zero-order valence-corrected chi connectivity index (χ0v) is 15.8. The Hall–Kier alpha value is -1.55. The van der Waals surface area contributed by atoms with Gasteiger partial charge < -0.3 is 10.2 Å². The van der Waals surface area contributed by atoms with Gasteiger partial charge in [0.1, 0.15) is 0 Å². The van der Waals surface area contributed by atoms with Gasteiger partial charge in [0.05, 0.1) is 10.8 Å². The summed E-state index contributed by atoms with van der Waals surface area (Å²) in [5, 5.41) is 1.86. The first-order valence-corrected chi connectivity index (χ1v) is 10.0. The Morgan fingerprint density at radius 3 is 2.38 bits per heavy atom. The lowest BCUT2D eigenvalue weighted by Gasteiger charge is -2.36. The normalized spacial score (nSPS) is 25.5. The van der Waals surface area contributed by atoms with Crippen molar-refractivity contribution < 1.29 is 26.4 Å². The average Bonchev–Trinajstić information content (AvgIpc) is 2.57. The molecule has 6 nitrogen and oxygen atoms in total. The number of allylic oxidation sites excluding steroid dienone is 2. The summed E-state index contributed by atoms with van der Waals surface area (Å²) in [6.07, 6.45) is 1.52. The van der Waals surface area contributed by atoms with Crippen molar-refractivity contribution in [1.82, 2.24) is 14.9 Å². The summed E-state index contributed by atoms with van der Waals surface area (Å²) >= 11 is 0. The van der Waals surface area contributed by atoms with E-state index in [2.05, 4.69) is 10.0 Å². The van der Waals surface area contributed by atoms with Crippen molar-refractivity contribution in [2.75, 3.05) is 13.1 Å². The second kappa shape index (κ2) is 7.59. The fraction of sp³-hybridized carbons (Fsp3) is 0.688. The SMILES string of the molecule is CC(C)S(=O)(=O)NC1CCN(C(=O)NC2(C)CC=C(F)C(F)=C2F)CC1. The molecule has 2 N–H and O–H groups in total. The summed E-state index contributed by atoms with van der Waals surface area (Å²) in [5.74, 6) is -4.21. The van der Waals surface area contributed by atoms with Crippen LogP contribution in [0.5, 0.6) is 0 Å². The first kappa shape index (κ1) is 20.8. The molecule has 1 aliphatic carbocycles. The fourth-order valence-electron chi connectivity index (χ4n) is 2.81. The number of hydrogen-bond donors (Lipinski definition) is 2. The molecule has 0 saturated carbocycles. The van der Waals surface area contributed by atoms with Crippen LogP contribution >= 0.6 is 0 Å². The highest BCUT2D eigenvalue weighted by Gasteiger charge is 2.39. The van der Waals surface area contributed by atoms with Gasteiger partial charge in [-0.05, 0) is 46.1 Å². The van der Waals surface area contributed by atoms with E-state index in [1.807, 2.05) is 0 Å². The number of likely N-dealkylation sites (tertiary alicyclic amines) is 1. The van der Waals surface area contributed by atoms with Crippen molar-refractivity contribution in [1.29, 1.82) is 0 Å². The molecule has 1 saturated heterocycles. The number of halogens is 3. The molecule has 1 aliphatic heterocycles. The lowest BCUT2D eigenvalue weighted by molar-refractivity contribution is 0.167. The monoisotopic (exact) mass is 395 g/mol. The molecule has 1 unspecified atom stereocenters. The first-order valence-electron chi connectivity index (χ1n) is 8.46. The van der Waals surface area contributed by atoms with Crippen molar-refractivity contribution >= 4 is 16.1 Å². The van der Waals surface area contributed by atoms with Crippen LogP contribution in [0.2, 0.25) is 0 Å². The standard InChI is InChI=1S/C16H24F3N3O3S/c1-10(2)26(24,25)21-11-5-8-22(9-6-11)15(23)20-16(3)7-4-12(17)13(18)14(16)19/h4,10-11,21H,5-9H2,1-3H3,(H,20,23). The minimum atomic E-state index is -3.40. The first-order chi connectivity index (χ1) is 12.0. The van der Waals surface area contributed by atoms with Crippen molar-refractivity contribution in [2.24, 2.45) is 0 Å². The number of nitrogens with one attached hydrogen (secondary N) is 2. The third kappa shape index (κ3) is 4.40. The number of amides is 2. The topological polar surface area (TPSA) is 78.5 Å². The van der Waals surface area contributed by atoms with Crippen LogP contribution in [0.25, 0.3) is 0 Å². The van der Waals surface area contributed by atoms with Gasteiger partial charge in [-0.2, -0.15) is 0 Å². The molecule has 0 aromatic heterocycles. The Labute approximate surface area is 151 Å². The number of hydrogen-bond acceptors (Lipinski definition) is 3. The van der Waals surface area contributed by atoms with Crippen LogP contribution in [-0.4, -0.2) is 49.3 Å². The second-order valence-electron chi connectivity index (χ2n) is 7.12. The van der Waals surface area contributed by atoms with E-state index in [0.29, 0.717) is 12.8 Å². The number of sulfonamides is 1. The van der Waals surface area contributed by atoms with Crippen molar-refractivity contribution in [3.8, 4) is 0 Å². The van der Waals surface area contributed by atoms with E-state index in [1.54, 1.807) is 13.8 Å². The van der Waals surface area contributed by atoms with Crippen LogP contribution in [0.4, 0.5) is 18.0 Å². The molecule has 0 spiro atoms. The highest BCUT2D eigenvalue weighted by atomic mass is 32.2. The Morgan fingerprint density at radius 2 is 1.85 bits per heavy atom. The predicted molar refractivity (Wildman–Crippen MR) is 91.8 cm³/mol. The number of nitrogens with zero attached hydrogens (tertiary/aromatic N) is 1. The highest BCUT2D eigenvalue weighted by molar-refractivity contribution is 7.90. The number of urea groups is 1. The van der Waals surface area contributed by atoms with Gasteiger partial charge in [0.15, 0.2) is 17.5 Å². The smallest absolute Gasteiger partial charge is 0.318 e. The van der Waals surface area contributed by atoms with Gasteiger partial charge in [-0.1, -0.05) is 0 Å². The van der Waals surface area contributed by atoms with E-state index < -0.39 is 44.3 Å². The molecule has 0 aromatic rings. The average molecular weight is 395 g/mol. The maximum atomic E-state index is 14.0. The van der Waals surface area contributed by atoms with E-state index in [-0.39, 0.29) is 25.6 Å². The molecule has 0 bridgehead atoms. The molecule has 2 aliphatic rings. The van der Waals surface area contributed by atoms with Crippen LogP contribution < -0.4 is 10.0 Å². The zero-order chi connectivity index (χ0) is 19.7. The molecule has 0 radical (unpaired) electrons. The summed E-state index contributed by atoms with van der Waals surface area (Å²) < 4.78 is 67.0. The Balaban J connectivity index is 1.93. The Kier molecular flexibility index (Phi) is 6.06. The zero-order valence-electron chi connectivity index (χ0n) is 15.0. The number of carbonyl (C=O) groups excluding carboxylic acids is 1. The van der Waals surface area contributed by atoms with E-state index >= 15 is 0 Å². The molecule has 0 aromatic carbocycles. The minimum absolute atomic E-state index is 0.200. The van der Waals surface area contributed by atoms with E-state index in [1.165, 1.54) is 11.8 Å². The Morgan fingerprint density at radius 1 is 1.27 bits per heavy atom. The molecule has 1 atom stereocenters. The van der Waals surface area contributed by atoms with Gasteiger partial charge in [-0.15, -0.1) is 0 Å². The molecule has 2 amide bonds. The number of piperidine rings is 1. The largest absolute Gasteiger partial charge is 0.326 e. The van der Waals surface area contributed by atoms with Gasteiger partial charge in [-0.25, -0.2) is 31.1 Å². The van der Waals surface area contributed by atoms with E-state index in [0.717, 1.165) is 6.08 Å². The van der Waals surface area contributed by atoms with Gasteiger partial charge in [0.2, 0.25) is 10.0 Å². The van der Waals surface area contributed by atoms with E-state index in [9.17, 15) is 26.4 Å². The minimum Gasteiger partial charge on any atom is -0.326 e.